The average molecular weight is 240 g/mol. The van der Waals surface area contributed by atoms with Crippen molar-refractivity contribution in [3.8, 4) is 0 Å². The molecular formula is C13H24N2O2. The molecule has 0 spiro atoms. The van der Waals surface area contributed by atoms with E-state index in [1.54, 1.807) is 0 Å². The molecular weight excluding hydrogens is 216 g/mol. The molecule has 1 saturated carbocycles. The zero-order valence-corrected chi connectivity index (χ0v) is 10.5. The quantitative estimate of drug-likeness (QED) is 0.775. The molecule has 1 amide bonds. The first kappa shape index (κ1) is 12.8. The Kier molecular flexibility index (Phi) is 4.80. The van der Waals surface area contributed by atoms with E-state index >= 15 is 0 Å². The summed E-state index contributed by atoms with van der Waals surface area (Å²) in [4.78, 5) is 12.1. The van der Waals surface area contributed by atoms with Gasteiger partial charge < -0.3 is 15.8 Å². The highest BCUT2D eigenvalue weighted by Gasteiger charge is 2.28. The Hall–Kier alpha value is -0.610. The van der Waals surface area contributed by atoms with Gasteiger partial charge in [0, 0.05) is 12.6 Å². The van der Waals surface area contributed by atoms with Crippen molar-refractivity contribution in [1.82, 2.24) is 5.32 Å². The molecule has 2 fully saturated rings. The molecule has 4 heteroatoms. The van der Waals surface area contributed by atoms with E-state index in [4.69, 9.17) is 10.5 Å². The van der Waals surface area contributed by atoms with Crippen LogP contribution in [0.2, 0.25) is 0 Å². The van der Waals surface area contributed by atoms with Gasteiger partial charge in [-0.3, -0.25) is 4.79 Å². The molecule has 1 aliphatic heterocycles. The van der Waals surface area contributed by atoms with E-state index < -0.39 is 0 Å². The number of hydrogen-bond acceptors (Lipinski definition) is 3. The molecule has 3 unspecified atom stereocenters. The van der Waals surface area contributed by atoms with Crippen LogP contribution < -0.4 is 11.1 Å². The van der Waals surface area contributed by atoms with Crippen molar-refractivity contribution in [3.63, 3.8) is 0 Å². The molecule has 17 heavy (non-hydrogen) atoms. The van der Waals surface area contributed by atoms with Crippen molar-refractivity contribution in [1.29, 1.82) is 0 Å². The van der Waals surface area contributed by atoms with Crippen LogP contribution in [0.3, 0.4) is 0 Å². The Morgan fingerprint density at radius 2 is 2.06 bits per heavy atom. The van der Waals surface area contributed by atoms with E-state index in [2.05, 4.69) is 5.32 Å². The highest BCUT2D eigenvalue weighted by Crippen LogP contribution is 2.24. The largest absolute Gasteiger partial charge is 0.381 e. The molecule has 0 aromatic carbocycles. The Bertz CT molecular complexity index is 252. The Balaban J connectivity index is 1.83. The fraction of sp³-hybridized carbons (Fsp3) is 0.923. The third-order valence-corrected chi connectivity index (χ3v) is 4.07. The first-order chi connectivity index (χ1) is 8.31. The summed E-state index contributed by atoms with van der Waals surface area (Å²) in [5.74, 6) is 0.705. The van der Waals surface area contributed by atoms with Crippen molar-refractivity contribution in [2.45, 2.75) is 44.6 Å². The van der Waals surface area contributed by atoms with Crippen LogP contribution in [0.25, 0.3) is 0 Å². The van der Waals surface area contributed by atoms with Crippen molar-refractivity contribution in [2.24, 2.45) is 17.6 Å². The maximum Gasteiger partial charge on any atom is 0.225 e. The van der Waals surface area contributed by atoms with Gasteiger partial charge in [-0.2, -0.15) is 0 Å². The molecule has 2 rings (SSSR count). The van der Waals surface area contributed by atoms with Crippen molar-refractivity contribution < 1.29 is 9.53 Å². The van der Waals surface area contributed by atoms with Crippen LogP contribution in [-0.2, 0) is 9.53 Å². The van der Waals surface area contributed by atoms with Crippen LogP contribution in [-0.4, -0.2) is 31.7 Å². The molecule has 1 aliphatic carbocycles. The molecule has 3 atom stereocenters. The molecule has 4 nitrogen and oxygen atoms in total. The van der Waals surface area contributed by atoms with Gasteiger partial charge in [0.2, 0.25) is 5.91 Å². The summed E-state index contributed by atoms with van der Waals surface area (Å²) in [6.45, 7) is 2.08. The van der Waals surface area contributed by atoms with E-state index in [1.165, 1.54) is 12.8 Å². The van der Waals surface area contributed by atoms with E-state index in [1.807, 2.05) is 0 Å². The molecule has 3 N–H and O–H groups in total. The molecule has 98 valence electrons. The van der Waals surface area contributed by atoms with Gasteiger partial charge in [0.1, 0.15) is 0 Å². The molecule has 2 aliphatic rings. The van der Waals surface area contributed by atoms with Gasteiger partial charge in [-0.05, 0) is 38.1 Å². The number of ether oxygens (including phenoxy) is 1. The zero-order valence-electron chi connectivity index (χ0n) is 10.5. The van der Waals surface area contributed by atoms with Gasteiger partial charge >= 0.3 is 0 Å². The molecule has 0 aromatic rings. The third kappa shape index (κ3) is 3.42. The summed E-state index contributed by atoms with van der Waals surface area (Å²) in [6.07, 6.45) is 6.67. The van der Waals surface area contributed by atoms with Crippen LogP contribution in [0, 0.1) is 11.8 Å². The van der Waals surface area contributed by atoms with E-state index in [0.717, 1.165) is 32.3 Å². The number of carbonyl (C=O) groups is 1. The summed E-state index contributed by atoms with van der Waals surface area (Å²) in [5, 5.41) is 3.19. The summed E-state index contributed by atoms with van der Waals surface area (Å²) in [5.41, 5.74) is 5.77. The lowest BCUT2D eigenvalue weighted by molar-refractivity contribution is -0.130. The molecule has 0 radical (unpaired) electrons. The average Bonchev–Trinajstić information content (AvgIpc) is 2.40. The van der Waals surface area contributed by atoms with Gasteiger partial charge in [0.05, 0.1) is 12.5 Å². The van der Waals surface area contributed by atoms with Gasteiger partial charge in [0.15, 0.2) is 0 Å². The Morgan fingerprint density at radius 3 is 2.76 bits per heavy atom. The smallest absolute Gasteiger partial charge is 0.225 e. The number of nitrogens with two attached hydrogens (primary N) is 1. The predicted octanol–water partition coefficient (Wildman–Crippen LogP) is 1.05. The molecule has 1 saturated heterocycles. The Morgan fingerprint density at radius 1 is 1.24 bits per heavy atom. The predicted molar refractivity (Wildman–Crippen MR) is 66.5 cm³/mol. The maximum absolute atomic E-state index is 12.1. The number of nitrogens with one attached hydrogen (secondary N) is 1. The minimum absolute atomic E-state index is 0.0594. The monoisotopic (exact) mass is 240 g/mol. The van der Waals surface area contributed by atoms with Crippen LogP contribution in [0.5, 0.6) is 0 Å². The first-order valence-corrected chi connectivity index (χ1v) is 6.89. The van der Waals surface area contributed by atoms with Crippen molar-refractivity contribution >= 4 is 5.91 Å². The number of hydrogen-bond donors (Lipinski definition) is 2. The van der Waals surface area contributed by atoms with Crippen LogP contribution >= 0.6 is 0 Å². The maximum atomic E-state index is 12.1. The standard InChI is InChI=1S/C13H24N2O2/c14-8-10-4-1-2-6-12(10)15-13(16)11-5-3-7-17-9-11/h10-12H,1-9,14H2,(H,15,16). The zero-order chi connectivity index (χ0) is 12.1. The molecule has 1 heterocycles. The van der Waals surface area contributed by atoms with E-state index in [-0.39, 0.29) is 11.8 Å². The number of amides is 1. The fourth-order valence-corrected chi connectivity index (χ4v) is 2.93. The van der Waals surface area contributed by atoms with Crippen LogP contribution in [0.15, 0.2) is 0 Å². The van der Waals surface area contributed by atoms with Gasteiger partial charge in [-0.15, -0.1) is 0 Å². The summed E-state index contributed by atoms with van der Waals surface area (Å²) < 4.78 is 5.36. The van der Waals surface area contributed by atoms with Gasteiger partial charge in [0.25, 0.3) is 0 Å². The first-order valence-electron chi connectivity index (χ1n) is 6.89. The fourth-order valence-electron chi connectivity index (χ4n) is 2.93. The van der Waals surface area contributed by atoms with Crippen molar-refractivity contribution in [3.05, 3.63) is 0 Å². The third-order valence-electron chi connectivity index (χ3n) is 4.07. The van der Waals surface area contributed by atoms with Gasteiger partial charge in [-0.1, -0.05) is 12.8 Å². The number of carbonyl (C=O) groups excluding carboxylic acids is 1. The van der Waals surface area contributed by atoms with Crippen LogP contribution in [0.1, 0.15) is 38.5 Å². The Labute approximate surface area is 103 Å². The summed E-state index contributed by atoms with van der Waals surface area (Å²) >= 11 is 0. The number of rotatable bonds is 3. The highest BCUT2D eigenvalue weighted by atomic mass is 16.5. The second-order valence-electron chi connectivity index (χ2n) is 5.31. The molecule has 0 bridgehead atoms. The lowest BCUT2D eigenvalue weighted by atomic mass is 9.84. The summed E-state index contributed by atoms with van der Waals surface area (Å²) in [6, 6.07) is 0.295. The normalized spacial score (nSPS) is 34.3. The van der Waals surface area contributed by atoms with Crippen molar-refractivity contribution in [2.75, 3.05) is 19.8 Å². The van der Waals surface area contributed by atoms with Crippen LogP contribution in [0.4, 0.5) is 0 Å². The van der Waals surface area contributed by atoms with E-state index in [0.29, 0.717) is 25.1 Å². The minimum atomic E-state index is 0.0594. The lowest BCUT2D eigenvalue weighted by Crippen LogP contribution is -2.47. The SMILES string of the molecule is NCC1CCCCC1NC(=O)C1CCCOC1. The second-order valence-corrected chi connectivity index (χ2v) is 5.31. The minimum Gasteiger partial charge on any atom is -0.381 e. The summed E-state index contributed by atoms with van der Waals surface area (Å²) in [7, 11) is 0. The van der Waals surface area contributed by atoms with Gasteiger partial charge in [-0.25, -0.2) is 0 Å². The molecule has 0 aromatic heterocycles. The topological polar surface area (TPSA) is 64.3 Å². The highest BCUT2D eigenvalue weighted by molar-refractivity contribution is 5.79. The second kappa shape index (κ2) is 6.36. The van der Waals surface area contributed by atoms with E-state index in [9.17, 15) is 4.79 Å². The lowest BCUT2D eigenvalue weighted by Gasteiger charge is -2.33.